The van der Waals surface area contributed by atoms with Crippen molar-refractivity contribution in [3.05, 3.63) is 24.3 Å². The lowest BCUT2D eigenvalue weighted by Crippen LogP contribution is -2.22. The smallest absolute Gasteiger partial charge is 0.224 e. The number of hydrogen-bond donors (Lipinski definition) is 2. The number of carboxylic acid groups (broad SMARTS) is 1. The van der Waals surface area contributed by atoms with Crippen LogP contribution in [0.1, 0.15) is 19.3 Å². The number of carbonyl (C=O) groups excluding carboxylic acids is 2. The van der Waals surface area contributed by atoms with Crippen LogP contribution in [0.3, 0.4) is 0 Å². The van der Waals surface area contributed by atoms with E-state index < -0.39 is 5.97 Å². The summed E-state index contributed by atoms with van der Waals surface area (Å²) in [5.74, 6) is -1.29. The number of carbonyl (C=O) groups is 2. The Labute approximate surface area is 92.7 Å². The zero-order valence-corrected chi connectivity index (χ0v) is 8.60. The van der Waals surface area contributed by atoms with E-state index in [1.54, 1.807) is 12.1 Å². The molecule has 5 heteroatoms. The van der Waals surface area contributed by atoms with Gasteiger partial charge in [0.2, 0.25) is 5.91 Å². The highest BCUT2D eigenvalue weighted by molar-refractivity contribution is 5.90. The van der Waals surface area contributed by atoms with Crippen molar-refractivity contribution >= 4 is 17.6 Å². The molecule has 0 radical (unpaired) electrons. The monoisotopic (exact) mass is 222 g/mol. The zero-order valence-electron chi connectivity index (χ0n) is 8.60. The van der Waals surface area contributed by atoms with Gasteiger partial charge >= 0.3 is 0 Å². The van der Waals surface area contributed by atoms with Crippen molar-refractivity contribution in [1.29, 1.82) is 0 Å². The van der Waals surface area contributed by atoms with Crippen LogP contribution in [0.25, 0.3) is 0 Å². The van der Waals surface area contributed by atoms with Crippen molar-refractivity contribution in [2.75, 3.05) is 5.32 Å². The van der Waals surface area contributed by atoms with Crippen LogP contribution in [-0.4, -0.2) is 17.0 Å². The first-order valence-corrected chi connectivity index (χ1v) is 4.86. The standard InChI is InChI=1S/C11H13NO4/c13-9-6-4-8(5-7-9)12-10(14)2-1-3-11(15)16/h4-7,13H,1-3H2,(H,12,14)(H,15,16)/p-1. The highest BCUT2D eigenvalue weighted by Gasteiger charge is 2.02. The van der Waals surface area contributed by atoms with E-state index in [0.29, 0.717) is 5.69 Å². The van der Waals surface area contributed by atoms with Gasteiger partial charge in [0.15, 0.2) is 0 Å². The number of phenols is 1. The predicted molar refractivity (Wildman–Crippen MR) is 55.6 cm³/mol. The first kappa shape index (κ1) is 12.0. The molecule has 0 saturated heterocycles. The molecule has 0 unspecified atom stereocenters. The number of nitrogens with one attached hydrogen (secondary N) is 1. The lowest BCUT2D eigenvalue weighted by atomic mass is 10.2. The summed E-state index contributed by atoms with van der Waals surface area (Å²) in [6, 6.07) is 6.03. The number of phenolic OH excluding ortho intramolecular Hbond substituents is 1. The molecular weight excluding hydrogens is 210 g/mol. The van der Waals surface area contributed by atoms with Gasteiger partial charge in [0.25, 0.3) is 0 Å². The number of hydrogen-bond acceptors (Lipinski definition) is 4. The number of carboxylic acids is 1. The summed E-state index contributed by atoms with van der Waals surface area (Å²) in [5, 5.41) is 21.7. The Bertz CT molecular complexity index is 372. The van der Waals surface area contributed by atoms with Crippen LogP contribution in [0.4, 0.5) is 5.69 Å². The minimum Gasteiger partial charge on any atom is -0.550 e. The van der Waals surface area contributed by atoms with E-state index in [0.717, 1.165) is 0 Å². The molecule has 0 bridgehead atoms. The SMILES string of the molecule is O=C([O-])CCCC(=O)Nc1ccc(O)cc1. The maximum absolute atomic E-state index is 11.3. The number of aromatic hydroxyl groups is 1. The van der Waals surface area contributed by atoms with Crippen molar-refractivity contribution in [2.24, 2.45) is 0 Å². The Morgan fingerprint density at radius 2 is 1.81 bits per heavy atom. The predicted octanol–water partition coefficient (Wildman–Crippen LogP) is 0.251. The Hall–Kier alpha value is -2.04. The van der Waals surface area contributed by atoms with Crippen molar-refractivity contribution < 1.29 is 19.8 Å². The summed E-state index contributed by atoms with van der Waals surface area (Å²) in [6.45, 7) is 0. The second-order valence-corrected chi connectivity index (χ2v) is 3.32. The minimum atomic E-state index is -1.16. The molecule has 1 aromatic carbocycles. The van der Waals surface area contributed by atoms with Gasteiger partial charge in [-0.25, -0.2) is 0 Å². The topological polar surface area (TPSA) is 89.5 Å². The van der Waals surface area contributed by atoms with Gasteiger partial charge < -0.3 is 20.3 Å². The highest BCUT2D eigenvalue weighted by Crippen LogP contribution is 2.14. The summed E-state index contributed by atoms with van der Waals surface area (Å²) in [5.41, 5.74) is 0.566. The minimum absolute atomic E-state index is 0.120. The molecule has 0 aliphatic rings. The van der Waals surface area contributed by atoms with Crippen LogP contribution in [0.15, 0.2) is 24.3 Å². The summed E-state index contributed by atoms with van der Waals surface area (Å²) < 4.78 is 0. The average Bonchev–Trinajstić information content (AvgIpc) is 2.21. The van der Waals surface area contributed by atoms with Crippen LogP contribution in [0, 0.1) is 0 Å². The fraction of sp³-hybridized carbons (Fsp3) is 0.273. The van der Waals surface area contributed by atoms with Gasteiger partial charge in [-0.05, 0) is 37.1 Å². The Balaban J connectivity index is 2.34. The molecule has 1 rings (SSSR count). The van der Waals surface area contributed by atoms with Crippen molar-refractivity contribution in [3.63, 3.8) is 0 Å². The third-order valence-corrected chi connectivity index (χ3v) is 1.94. The van der Waals surface area contributed by atoms with Gasteiger partial charge in [-0.1, -0.05) is 0 Å². The van der Waals surface area contributed by atoms with E-state index in [-0.39, 0.29) is 30.9 Å². The molecular formula is C11H12NO4-. The number of anilines is 1. The van der Waals surface area contributed by atoms with Crippen LogP contribution in [0.2, 0.25) is 0 Å². The van der Waals surface area contributed by atoms with Crippen LogP contribution in [0.5, 0.6) is 5.75 Å². The Kier molecular flexibility index (Phi) is 4.32. The molecule has 5 nitrogen and oxygen atoms in total. The first-order chi connectivity index (χ1) is 7.58. The van der Waals surface area contributed by atoms with Gasteiger partial charge in [0.1, 0.15) is 5.75 Å². The molecule has 0 saturated carbocycles. The van der Waals surface area contributed by atoms with Crippen molar-refractivity contribution in [2.45, 2.75) is 19.3 Å². The molecule has 0 atom stereocenters. The molecule has 0 aromatic heterocycles. The van der Waals surface area contributed by atoms with E-state index >= 15 is 0 Å². The summed E-state index contributed by atoms with van der Waals surface area (Å²) in [4.78, 5) is 21.4. The van der Waals surface area contributed by atoms with Gasteiger partial charge in [-0.3, -0.25) is 4.79 Å². The molecule has 2 N–H and O–H groups in total. The summed E-state index contributed by atoms with van der Waals surface area (Å²) >= 11 is 0. The Morgan fingerprint density at radius 1 is 1.19 bits per heavy atom. The highest BCUT2D eigenvalue weighted by atomic mass is 16.4. The number of benzene rings is 1. The van der Waals surface area contributed by atoms with E-state index in [4.69, 9.17) is 5.11 Å². The number of aliphatic carboxylic acids is 1. The first-order valence-electron chi connectivity index (χ1n) is 4.86. The quantitative estimate of drug-likeness (QED) is 0.699. The maximum Gasteiger partial charge on any atom is 0.224 e. The fourth-order valence-electron chi connectivity index (χ4n) is 1.16. The summed E-state index contributed by atoms with van der Waals surface area (Å²) in [6.07, 6.45) is 0.268. The van der Waals surface area contributed by atoms with E-state index in [9.17, 15) is 14.7 Å². The largest absolute Gasteiger partial charge is 0.550 e. The van der Waals surface area contributed by atoms with E-state index in [2.05, 4.69) is 5.32 Å². The van der Waals surface area contributed by atoms with Gasteiger partial charge in [-0.2, -0.15) is 0 Å². The van der Waals surface area contributed by atoms with E-state index in [1.807, 2.05) is 0 Å². The molecule has 0 fully saturated rings. The third kappa shape index (κ3) is 4.45. The van der Waals surface area contributed by atoms with Gasteiger partial charge in [0.05, 0.1) is 0 Å². The van der Waals surface area contributed by atoms with Crippen LogP contribution < -0.4 is 10.4 Å². The second-order valence-electron chi connectivity index (χ2n) is 3.32. The van der Waals surface area contributed by atoms with Gasteiger partial charge in [-0.15, -0.1) is 0 Å². The molecule has 1 aromatic rings. The fourth-order valence-corrected chi connectivity index (χ4v) is 1.16. The molecule has 1 amide bonds. The molecule has 0 heterocycles. The number of rotatable bonds is 5. The zero-order chi connectivity index (χ0) is 12.0. The molecule has 16 heavy (non-hydrogen) atoms. The normalized spacial score (nSPS) is 9.75. The molecule has 0 aliphatic carbocycles. The Morgan fingerprint density at radius 3 is 2.38 bits per heavy atom. The number of amides is 1. The molecule has 86 valence electrons. The second kappa shape index (κ2) is 5.75. The maximum atomic E-state index is 11.3. The van der Waals surface area contributed by atoms with Crippen molar-refractivity contribution in [3.8, 4) is 5.75 Å². The van der Waals surface area contributed by atoms with Crippen molar-refractivity contribution in [1.82, 2.24) is 0 Å². The lowest BCUT2D eigenvalue weighted by molar-refractivity contribution is -0.305. The van der Waals surface area contributed by atoms with Crippen LogP contribution in [-0.2, 0) is 9.59 Å². The van der Waals surface area contributed by atoms with Crippen LogP contribution >= 0.6 is 0 Å². The molecule has 0 aliphatic heterocycles. The lowest BCUT2D eigenvalue weighted by Gasteiger charge is -2.05. The molecule has 0 spiro atoms. The van der Waals surface area contributed by atoms with E-state index in [1.165, 1.54) is 12.1 Å². The summed E-state index contributed by atoms with van der Waals surface area (Å²) in [7, 11) is 0. The third-order valence-electron chi connectivity index (χ3n) is 1.94. The van der Waals surface area contributed by atoms with Gasteiger partial charge in [0, 0.05) is 18.1 Å². The average molecular weight is 222 g/mol.